The minimum absolute atomic E-state index is 0.0136. The summed E-state index contributed by atoms with van der Waals surface area (Å²) in [6, 6.07) is 2.16. The number of rotatable bonds is 3. The third-order valence-electron chi connectivity index (χ3n) is 3.64. The summed E-state index contributed by atoms with van der Waals surface area (Å²) in [7, 11) is 0. The van der Waals surface area contributed by atoms with Gasteiger partial charge in [-0.1, -0.05) is 12.8 Å². The van der Waals surface area contributed by atoms with Crippen LogP contribution in [0.2, 0.25) is 0 Å². The molecule has 4 heteroatoms. The van der Waals surface area contributed by atoms with E-state index in [0.29, 0.717) is 12.8 Å². The van der Waals surface area contributed by atoms with Crippen molar-refractivity contribution in [3.63, 3.8) is 0 Å². The van der Waals surface area contributed by atoms with Crippen LogP contribution in [0.1, 0.15) is 38.5 Å². The van der Waals surface area contributed by atoms with E-state index in [4.69, 9.17) is 10.4 Å². The normalized spacial score (nSPS) is 25.6. The van der Waals surface area contributed by atoms with E-state index in [-0.39, 0.29) is 12.5 Å². The van der Waals surface area contributed by atoms with Gasteiger partial charge in [0.25, 0.3) is 0 Å². The highest BCUT2D eigenvalue weighted by Gasteiger charge is 2.49. The van der Waals surface area contributed by atoms with Crippen molar-refractivity contribution in [2.24, 2.45) is 5.41 Å². The van der Waals surface area contributed by atoms with Crippen molar-refractivity contribution in [3.05, 3.63) is 0 Å². The summed E-state index contributed by atoms with van der Waals surface area (Å²) in [5.41, 5.74) is -1.21. The van der Waals surface area contributed by atoms with Gasteiger partial charge in [0, 0.05) is 0 Å². The lowest BCUT2D eigenvalue weighted by atomic mass is 9.86. The third kappa shape index (κ3) is 1.72. The highest BCUT2D eigenvalue weighted by molar-refractivity contribution is 5.86. The molecule has 0 heterocycles. The number of nitriles is 1. The second-order valence-corrected chi connectivity index (χ2v) is 4.79. The monoisotopic (exact) mass is 208 g/mol. The molecule has 0 spiro atoms. The summed E-state index contributed by atoms with van der Waals surface area (Å²) in [5.74, 6) is -0.172. The van der Waals surface area contributed by atoms with Crippen molar-refractivity contribution in [2.45, 2.75) is 44.1 Å². The molecule has 2 aliphatic carbocycles. The maximum Gasteiger partial charge on any atom is 0.240 e. The van der Waals surface area contributed by atoms with E-state index in [1.165, 1.54) is 0 Å². The number of aliphatic hydroxyl groups excluding tert-OH is 1. The highest BCUT2D eigenvalue weighted by atomic mass is 16.3. The first kappa shape index (κ1) is 10.4. The Morgan fingerprint density at radius 3 is 2.33 bits per heavy atom. The SMILES string of the molecule is N#CC1(C(=O)NC2(CO)CC2)CCCC1. The number of carbonyl (C=O) groups excluding carboxylic acids is 1. The van der Waals surface area contributed by atoms with Gasteiger partial charge in [-0.3, -0.25) is 4.79 Å². The van der Waals surface area contributed by atoms with Crippen LogP contribution in [0.15, 0.2) is 0 Å². The maximum absolute atomic E-state index is 12.0. The topological polar surface area (TPSA) is 73.1 Å². The number of hydrogen-bond acceptors (Lipinski definition) is 3. The van der Waals surface area contributed by atoms with Gasteiger partial charge in [0.2, 0.25) is 5.91 Å². The summed E-state index contributed by atoms with van der Waals surface area (Å²) < 4.78 is 0. The molecule has 0 saturated heterocycles. The molecule has 0 aromatic heterocycles. The minimum Gasteiger partial charge on any atom is -0.394 e. The number of amides is 1. The fourth-order valence-corrected chi connectivity index (χ4v) is 2.20. The molecule has 0 aliphatic heterocycles. The Morgan fingerprint density at radius 2 is 1.93 bits per heavy atom. The largest absolute Gasteiger partial charge is 0.394 e. The number of nitrogens with one attached hydrogen (secondary N) is 1. The summed E-state index contributed by atoms with van der Waals surface area (Å²) in [5, 5.41) is 21.1. The average Bonchev–Trinajstić information content (AvgIpc) is 2.85. The van der Waals surface area contributed by atoms with Gasteiger partial charge < -0.3 is 10.4 Å². The zero-order valence-electron chi connectivity index (χ0n) is 8.75. The Bertz CT molecular complexity index is 309. The molecular formula is C11H16N2O2. The molecule has 1 amide bonds. The molecule has 0 aromatic rings. The Balaban J connectivity index is 2.04. The lowest BCUT2D eigenvalue weighted by Crippen LogP contribution is -2.46. The van der Waals surface area contributed by atoms with Crippen LogP contribution < -0.4 is 5.32 Å². The van der Waals surface area contributed by atoms with Gasteiger partial charge in [0.05, 0.1) is 18.2 Å². The van der Waals surface area contributed by atoms with Crippen molar-refractivity contribution in [2.75, 3.05) is 6.61 Å². The van der Waals surface area contributed by atoms with E-state index in [2.05, 4.69) is 11.4 Å². The fourth-order valence-electron chi connectivity index (χ4n) is 2.20. The van der Waals surface area contributed by atoms with Crippen molar-refractivity contribution < 1.29 is 9.90 Å². The van der Waals surface area contributed by atoms with Crippen LogP contribution in [-0.4, -0.2) is 23.2 Å². The maximum atomic E-state index is 12.0. The molecule has 15 heavy (non-hydrogen) atoms. The zero-order valence-corrected chi connectivity index (χ0v) is 8.75. The van der Waals surface area contributed by atoms with Gasteiger partial charge in [-0.15, -0.1) is 0 Å². The summed E-state index contributed by atoms with van der Waals surface area (Å²) in [6.07, 6.45) is 4.89. The van der Waals surface area contributed by atoms with Crippen LogP contribution in [-0.2, 0) is 4.79 Å². The van der Waals surface area contributed by atoms with Gasteiger partial charge in [-0.25, -0.2) is 0 Å². The second kappa shape index (κ2) is 3.49. The summed E-state index contributed by atoms with van der Waals surface area (Å²) in [4.78, 5) is 12.0. The summed E-state index contributed by atoms with van der Waals surface area (Å²) >= 11 is 0. The third-order valence-corrected chi connectivity index (χ3v) is 3.64. The van der Waals surface area contributed by atoms with Gasteiger partial charge in [0.15, 0.2) is 0 Å². The Labute approximate surface area is 89.3 Å². The first-order valence-corrected chi connectivity index (χ1v) is 5.51. The van der Waals surface area contributed by atoms with E-state index in [1.54, 1.807) is 0 Å². The summed E-state index contributed by atoms with van der Waals surface area (Å²) in [6.45, 7) is -0.0136. The van der Waals surface area contributed by atoms with Crippen LogP contribution in [0, 0.1) is 16.7 Å². The van der Waals surface area contributed by atoms with E-state index >= 15 is 0 Å². The fraction of sp³-hybridized carbons (Fsp3) is 0.818. The van der Waals surface area contributed by atoms with Crippen molar-refractivity contribution in [1.82, 2.24) is 5.32 Å². The van der Waals surface area contributed by atoms with Gasteiger partial charge in [-0.2, -0.15) is 5.26 Å². The molecule has 0 aromatic carbocycles. The first-order valence-electron chi connectivity index (χ1n) is 5.51. The smallest absolute Gasteiger partial charge is 0.240 e. The minimum atomic E-state index is -0.815. The predicted molar refractivity (Wildman–Crippen MR) is 53.7 cm³/mol. The molecule has 2 N–H and O–H groups in total. The molecule has 2 fully saturated rings. The molecule has 82 valence electrons. The number of carbonyl (C=O) groups is 1. The quantitative estimate of drug-likeness (QED) is 0.717. The average molecular weight is 208 g/mol. The van der Waals surface area contributed by atoms with Gasteiger partial charge >= 0.3 is 0 Å². The van der Waals surface area contributed by atoms with Gasteiger partial charge in [0.1, 0.15) is 5.41 Å². The van der Waals surface area contributed by atoms with Crippen LogP contribution >= 0.6 is 0 Å². The molecule has 2 aliphatic rings. The lowest BCUT2D eigenvalue weighted by Gasteiger charge is -2.23. The lowest BCUT2D eigenvalue weighted by molar-refractivity contribution is -0.129. The first-order chi connectivity index (χ1) is 7.16. The second-order valence-electron chi connectivity index (χ2n) is 4.79. The van der Waals surface area contributed by atoms with Crippen LogP contribution in [0.3, 0.4) is 0 Å². The molecule has 0 atom stereocenters. The van der Waals surface area contributed by atoms with E-state index in [1.807, 2.05) is 0 Å². The van der Waals surface area contributed by atoms with Crippen molar-refractivity contribution in [3.8, 4) is 6.07 Å². The Morgan fingerprint density at radius 1 is 1.33 bits per heavy atom. The molecule has 0 radical (unpaired) electrons. The zero-order chi connectivity index (χ0) is 10.9. The van der Waals surface area contributed by atoms with E-state index in [0.717, 1.165) is 25.7 Å². The van der Waals surface area contributed by atoms with Crippen molar-refractivity contribution >= 4 is 5.91 Å². The number of hydrogen-bond donors (Lipinski definition) is 2. The van der Waals surface area contributed by atoms with E-state index < -0.39 is 11.0 Å². The number of aliphatic hydroxyl groups is 1. The molecule has 0 bridgehead atoms. The van der Waals surface area contributed by atoms with E-state index in [9.17, 15) is 4.79 Å². The number of nitrogens with zero attached hydrogens (tertiary/aromatic N) is 1. The van der Waals surface area contributed by atoms with Crippen molar-refractivity contribution in [1.29, 1.82) is 5.26 Å². The van der Waals surface area contributed by atoms with Crippen LogP contribution in [0.25, 0.3) is 0 Å². The Hall–Kier alpha value is -1.08. The molecule has 0 unspecified atom stereocenters. The highest BCUT2D eigenvalue weighted by Crippen LogP contribution is 2.41. The molecule has 2 rings (SSSR count). The van der Waals surface area contributed by atoms with Crippen LogP contribution in [0.5, 0.6) is 0 Å². The Kier molecular flexibility index (Phi) is 2.43. The van der Waals surface area contributed by atoms with Crippen LogP contribution in [0.4, 0.5) is 0 Å². The van der Waals surface area contributed by atoms with Gasteiger partial charge in [-0.05, 0) is 25.7 Å². The standard InChI is InChI=1S/C11H16N2O2/c12-7-10(3-1-2-4-10)9(15)13-11(8-14)5-6-11/h14H,1-6,8H2,(H,13,15). The molecular weight excluding hydrogens is 192 g/mol. The molecule has 4 nitrogen and oxygen atoms in total. The molecule has 2 saturated carbocycles. The predicted octanol–water partition coefficient (Wildman–Crippen LogP) is 0.711.